The number of hydrogen-bond donors (Lipinski definition) is 2. The highest BCUT2D eigenvalue weighted by atomic mass is 16.2. The number of benzene rings is 1. The van der Waals surface area contributed by atoms with Crippen LogP contribution in [0.15, 0.2) is 18.2 Å². The third-order valence-electron chi connectivity index (χ3n) is 3.72. The molecule has 102 valence electrons. The number of nitrogens with one attached hydrogen (secondary N) is 1. The van der Waals surface area contributed by atoms with E-state index in [1.54, 1.807) is 0 Å². The predicted octanol–water partition coefficient (Wildman–Crippen LogP) is 2.02. The van der Waals surface area contributed by atoms with E-state index >= 15 is 0 Å². The maximum Gasteiger partial charge on any atom is 0.224 e. The number of amides is 2. The molecule has 4 heteroatoms. The van der Waals surface area contributed by atoms with Crippen LogP contribution >= 0.6 is 0 Å². The van der Waals surface area contributed by atoms with Crippen molar-refractivity contribution < 1.29 is 9.59 Å². The molecule has 1 aliphatic rings. The van der Waals surface area contributed by atoms with E-state index in [0.29, 0.717) is 19.3 Å². The Kier molecular flexibility index (Phi) is 3.60. The Labute approximate surface area is 113 Å². The first-order valence-corrected chi connectivity index (χ1v) is 6.66. The van der Waals surface area contributed by atoms with Crippen LogP contribution in [0.4, 0.5) is 5.69 Å². The topological polar surface area (TPSA) is 72.2 Å². The van der Waals surface area contributed by atoms with Gasteiger partial charge in [0, 0.05) is 12.1 Å². The zero-order valence-corrected chi connectivity index (χ0v) is 11.5. The van der Waals surface area contributed by atoms with Crippen LogP contribution < -0.4 is 11.1 Å². The molecule has 0 radical (unpaired) electrons. The normalized spacial score (nSPS) is 20.9. The van der Waals surface area contributed by atoms with Gasteiger partial charge in [-0.25, -0.2) is 0 Å². The molecule has 1 atom stereocenters. The van der Waals surface area contributed by atoms with Crippen LogP contribution in [0, 0.1) is 5.41 Å². The summed E-state index contributed by atoms with van der Waals surface area (Å²) in [5, 5.41) is 2.87. The summed E-state index contributed by atoms with van der Waals surface area (Å²) in [7, 11) is 0. The van der Waals surface area contributed by atoms with Crippen molar-refractivity contribution in [2.45, 2.75) is 39.5 Å². The number of carbonyl (C=O) groups excluding carboxylic acids is 2. The molecular formula is C15H20N2O2. The van der Waals surface area contributed by atoms with E-state index in [1.165, 1.54) is 0 Å². The van der Waals surface area contributed by atoms with Crippen LogP contribution in [0.2, 0.25) is 0 Å². The Morgan fingerprint density at radius 1 is 1.32 bits per heavy atom. The summed E-state index contributed by atoms with van der Waals surface area (Å²) in [5.41, 5.74) is 8.02. The van der Waals surface area contributed by atoms with Crippen LogP contribution in [0.5, 0.6) is 0 Å². The van der Waals surface area contributed by atoms with Gasteiger partial charge in [0.05, 0.1) is 5.41 Å². The minimum atomic E-state index is -0.492. The average Bonchev–Trinajstić information content (AvgIpc) is 2.66. The molecule has 19 heavy (non-hydrogen) atoms. The van der Waals surface area contributed by atoms with E-state index in [2.05, 4.69) is 5.32 Å². The van der Waals surface area contributed by atoms with E-state index < -0.39 is 5.41 Å². The molecule has 4 nitrogen and oxygen atoms in total. The highest BCUT2D eigenvalue weighted by Gasteiger charge is 2.37. The average molecular weight is 260 g/mol. The largest absolute Gasteiger partial charge is 0.369 e. The van der Waals surface area contributed by atoms with E-state index in [0.717, 1.165) is 23.2 Å². The molecule has 2 amide bonds. The lowest BCUT2D eigenvalue weighted by molar-refractivity contribution is -0.126. The lowest BCUT2D eigenvalue weighted by Gasteiger charge is -2.17. The van der Waals surface area contributed by atoms with Crippen molar-refractivity contribution >= 4 is 17.5 Å². The van der Waals surface area contributed by atoms with E-state index in [-0.39, 0.29) is 11.8 Å². The van der Waals surface area contributed by atoms with Crippen LogP contribution in [0.3, 0.4) is 0 Å². The first kappa shape index (κ1) is 13.6. The van der Waals surface area contributed by atoms with Gasteiger partial charge in [0.25, 0.3) is 0 Å². The van der Waals surface area contributed by atoms with Crippen molar-refractivity contribution in [1.82, 2.24) is 0 Å². The molecular weight excluding hydrogens is 240 g/mol. The van der Waals surface area contributed by atoms with Crippen molar-refractivity contribution in [3.05, 3.63) is 29.3 Å². The first-order valence-electron chi connectivity index (χ1n) is 6.66. The van der Waals surface area contributed by atoms with E-state index in [9.17, 15) is 9.59 Å². The lowest BCUT2D eigenvalue weighted by Crippen LogP contribution is -2.34. The van der Waals surface area contributed by atoms with Gasteiger partial charge in [-0.1, -0.05) is 19.9 Å². The molecule has 0 bridgehead atoms. The SMILES string of the molecule is CCCC(=O)Nc1ccc2c(c1)CC(C)(C(N)=O)C2. The van der Waals surface area contributed by atoms with Gasteiger partial charge < -0.3 is 11.1 Å². The molecule has 1 aromatic carbocycles. The highest BCUT2D eigenvalue weighted by Crippen LogP contribution is 2.37. The fraction of sp³-hybridized carbons (Fsp3) is 0.467. The zero-order valence-electron chi connectivity index (χ0n) is 11.5. The first-order chi connectivity index (χ1) is 8.94. The number of nitrogens with two attached hydrogens (primary N) is 1. The van der Waals surface area contributed by atoms with E-state index in [4.69, 9.17) is 5.73 Å². The number of carbonyl (C=O) groups is 2. The molecule has 0 saturated carbocycles. The Morgan fingerprint density at radius 2 is 2.00 bits per heavy atom. The number of hydrogen-bond acceptors (Lipinski definition) is 2. The monoisotopic (exact) mass is 260 g/mol. The summed E-state index contributed by atoms with van der Waals surface area (Å²) in [6, 6.07) is 5.82. The van der Waals surface area contributed by atoms with Crippen LogP contribution in [-0.4, -0.2) is 11.8 Å². The van der Waals surface area contributed by atoms with E-state index in [1.807, 2.05) is 32.0 Å². The molecule has 1 aromatic rings. The number of anilines is 1. The molecule has 1 unspecified atom stereocenters. The summed E-state index contributed by atoms with van der Waals surface area (Å²) in [5.74, 6) is -0.238. The van der Waals surface area contributed by atoms with Crippen molar-refractivity contribution in [3.63, 3.8) is 0 Å². The fourth-order valence-corrected chi connectivity index (χ4v) is 2.57. The minimum Gasteiger partial charge on any atom is -0.369 e. The van der Waals surface area contributed by atoms with Gasteiger partial charge in [0.15, 0.2) is 0 Å². The van der Waals surface area contributed by atoms with Crippen molar-refractivity contribution in [2.75, 3.05) is 5.32 Å². The van der Waals surface area contributed by atoms with Gasteiger partial charge in [-0.15, -0.1) is 0 Å². The van der Waals surface area contributed by atoms with Gasteiger partial charge >= 0.3 is 0 Å². The minimum absolute atomic E-state index is 0.0260. The van der Waals surface area contributed by atoms with Gasteiger partial charge in [0.1, 0.15) is 0 Å². The van der Waals surface area contributed by atoms with Crippen molar-refractivity contribution in [2.24, 2.45) is 11.1 Å². The third kappa shape index (κ3) is 2.78. The standard InChI is InChI=1S/C15H20N2O2/c1-3-4-13(18)17-12-6-5-10-8-15(2,14(16)19)9-11(10)7-12/h5-7H,3-4,8-9H2,1-2H3,(H2,16,19)(H,17,18). The predicted molar refractivity (Wildman–Crippen MR) is 74.7 cm³/mol. The molecule has 1 aliphatic carbocycles. The van der Waals surface area contributed by atoms with Gasteiger partial charge in [-0.3, -0.25) is 9.59 Å². The molecule has 0 aliphatic heterocycles. The summed E-state index contributed by atoms with van der Waals surface area (Å²) in [4.78, 5) is 23.1. The number of fused-ring (bicyclic) bond motifs is 1. The summed E-state index contributed by atoms with van der Waals surface area (Å²) >= 11 is 0. The molecule has 0 heterocycles. The third-order valence-corrected chi connectivity index (χ3v) is 3.72. The fourth-order valence-electron chi connectivity index (χ4n) is 2.57. The molecule has 0 spiro atoms. The smallest absolute Gasteiger partial charge is 0.224 e. The maximum absolute atomic E-state index is 11.6. The zero-order chi connectivity index (χ0) is 14.0. The Hall–Kier alpha value is -1.84. The maximum atomic E-state index is 11.6. The summed E-state index contributed by atoms with van der Waals surface area (Å²) in [6.45, 7) is 3.87. The van der Waals surface area contributed by atoms with Gasteiger partial charge in [0.2, 0.25) is 11.8 Å². The second kappa shape index (κ2) is 5.03. The van der Waals surface area contributed by atoms with Crippen molar-refractivity contribution in [1.29, 1.82) is 0 Å². The van der Waals surface area contributed by atoms with Gasteiger partial charge in [-0.2, -0.15) is 0 Å². The van der Waals surface area contributed by atoms with Crippen LogP contribution in [0.1, 0.15) is 37.8 Å². The Bertz CT molecular complexity index is 525. The molecule has 0 aromatic heterocycles. The number of rotatable bonds is 4. The van der Waals surface area contributed by atoms with Gasteiger partial charge in [-0.05, 0) is 42.5 Å². The Balaban J connectivity index is 2.15. The lowest BCUT2D eigenvalue weighted by atomic mass is 9.87. The summed E-state index contributed by atoms with van der Waals surface area (Å²) < 4.78 is 0. The highest BCUT2D eigenvalue weighted by molar-refractivity contribution is 5.91. The summed E-state index contributed by atoms with van der Waals surface area (Å²) in [6.07, 6.45) is 2.68. The molecule has 2 rings (SSSR count). The second-order valence-electron chi connectivity index (χ2n) is 5.56. The molecule has 0 fully saturated rings. The second-order valence-corrected chi connectivity index (χ2v) is 5.56. The number of primary amides is 1. The molecule has 0 saturated heterocycles. The van der Waals surface area contributed by atoms with Crippen LogP contribution in [0.25, 0.3) is 0 Å². The van der Waals surface area contributed by atoms with Crippen molar-refractivity contribution in [3.8, 4) is 0 Å². The van der Waals surface area contributed by atoms with Crippen LogP contribution in [-0.2, 0) is 22.4 Å². The molecule has 3 N–H and O–H groups in total. The Morgan fingerprint density at radius 3 is 2.63 bits per heavy atom. The quantitative estimate of drug-likeness (QED) is 0.869.